The number of para-hydroxylation sites is 1. The summed E-state index contributed by atoms with van der Waals surface area (Å²) in [6.07, 6.45) is 9.03. The Hall–Kier alpha value is -5.15. The van der Waals surface area contributed by atoms with E-state index in [0.29, 0.717) is 32.3 Å². The Morgan fingerprint density at radius 3 is 2.34 bits per heavy atom. The van der Waals surface area contributed by atoms with Gasteiger partial charge in [-0.1, -0.05) is 72.8 Å². The van der Waals surface area contributed by atoms with Gasteiger partial charge in [-0.2, -0.15) is 0 Å². The van der Waals surface area contributed by atoms with Gasteiger partial charge in [0, 0.05) is 29.9 Å². The summed E-state index contributed by atoms with van der Waals surface area (Å²) >= 11 is 0. The molecule has 0 aliphatic heterocycles. The molecule has 0 saturated carbocycles. The van der Waals surface area contributed by atoms with Crippen LogP contribution in [0.1, 0.15) is 55.2 Å². The van der Waals surface area contributed by atoms with Crippen LogP contribution in [0.5, 0.6) is 5.75 Å². The molecule has 0 aliphatic carbocycles. The first-order chi connectivity index (χ1) is 24.4. The van der Waals surface area contributed by atoms with Gasteiger partial charge < -0.3 is 30.2 Å². The second-order valence-electron chi connectivity index (χ2n) is 12.5. The SMILES string of the molecule is C=CCCCCC(=O)OCC(Cc1c[nH]c2ccccc12)NC(=O)C(CC=C)CC(=O)NC(CO)Cc1ccc(OCc2ccccc2)cc1. The van der Waals surface area contributed by atoms with E-state index in [1.165, 1.54) is 0 Å². The number of benzene rings is 3. The molecule has 0 saturated heterocycles. The Morgan fingerprint density at radius 1 is 0.840 bits per heavy atom. The van der Waals surface area contributed by atoms with Crippen molar-refractivity contribution >= 4 is 28.7 Å². The largest absolute Gasteiger partial charge is 0.489 e. The van der Waals surface area contributed by atoms with Gasteiger partial charge >= 0.3 is 5.97 Å². The number of aromatic amines is 1. The van der Waals surface area contributed by atoms with Gasteiger partial charge in [0.15, 0.2) is 0 Å². The number of hydrogen-bond donors (Lipinski definition) is 4. The average Bonchev–Trinajstić information content (AvgIpc) is 3.54. The van der Waals surface area contributed by atoms with E-state index in [1.54, 1.807) is 6.08 Å². The molecule has 3 unspecified atom stereocenters. The number of esters is 1. The Kier molecular flexibility index (Phi) is 15.4. The first kappa shape index (κ1) is 37.7. The van der Waals surface area contributed by atoms with Crippen molar-refractivity contribution in [1.29, 1.82) is 0 Å². The summed E-state index contributed by atoms with van der Waals surface area (Å²) in [4.78, 5) is 42.6. The smallest absolute Gasteiger partial charge is 0.305 e. The number of H-pyrrole nitrogens is 1. The number of amides is 2. The van der Waals surface area contributed by atoms with E-state index in [2.05, 4.69) is 28.8 Å². The number of ether oxygens (including phenoxy) is 2. The Labute approximate surface area is 294 Å². The maximum atomic E-state index is 13.6. The second-order valence-corrected chi connectivity index (χ2v) is 12.5. The lowest BCUT2D eigenvalue weighted by Crippen LogP contribution is -2.45. The number of aliphatic hydroxyl groups excluding tert-OH is 1. The van der Waals surface area contributed by atoms with Crippen molar-refractivity contribution in [2.75, 3.05) is 13.2 Å². The highest BCUT2D eigenvalue weighted by Gasteiger charge is 2.26. The standard InChI is InChI=1S/C41H49N3O6/c1-3-5-6-10-18-40(47)50-29-35(24-33-26-42-38-17-12-11-16-37(33)38)44-41(48)32(13-4-2)25-39(46)43-34(27-45)23-30-19-21-36(22-20-30)49-28-31-14-8-7-9-15-31/h3-4,7-9,11-12,14-17,19-22,26,32,34-35,42,45H,1-2,5-6,10,13,18,23-25,27-29H2,(H,43,46)(H,44,48). The van der Waals surface area contributed by atoms with Crippen LogP contribution < -0.4 is 15.4 Å². The van der Waals surface area contributed by atoms with Crippen LogP contribution in [0.2, 0.25) is 0 Å². The molecule has 0 fully saturated rings. The number of allylic oxidation sites excluding steroid dienone is 2. The summed E-state index contributed by atoms with van der Waals surface area (Å²) < 4.78 is 11.5. The number of fused-ring (bicyclic) bond motifs is 1. The van der Waals surface area contributed by atoms with Gasteiger partial charge in [-0.15, -0.1) is 13.2 Å². The van der Waals surface area contributed by atoms with Crippen molar-refractivity contribution in [3.05, 3.63) is 127 Å². The number of hydrogen-bond acceptors (Lipinski definition) is 6. The third-order valence-electron chi connectivity index (χ3n) is 8.47. The lowest BCUT2D eigenvalue weighted by atomic mass is 9.97. The van der Waals surface area contributed by atoms with Crippen molar-refractivity contribution in [1.82, 2.24) is 15.6 Å². The number of rotatable bonds is 22. The van der Waals surface area contributed by atoms with Crippen LogP contribution >= 0.6 is 0 Å². The van der Waals surface area contributed by atoms with Crippen LogP contribution in [0.15, 0.2) is 110 Å². The molecule has 0 spiro atoms. The van der Waals surface area contributed by atoms with E-state index >= 15 is 0 Å². The minimum absolute atomic E-state index is 0.00121. The summed E-state index contributed by atoms with van der Waals surface area (Å²) in [7, 11) is 0. The Balaban J connectivity index is 1.33. The number of carbonyl (C=O) groups is 3. The van der Waals surface area contributed by atoms with E-state index in [4.69, 9.17) is 9.47 Å². The molecular weight excluding hydrogens is 630 g/mol. The molecule has 3 aromatic carbocycles. The summed E-state index contributed by atoms with van der Waals surface area (Å²) in [6.45, 7) is 7.70. The van der Waals surface area contributed by atoms with Crippen LogP contribution in [0.25, 0.3) is 10.9 Å². The van der Waals surface area contributed by atoms with Crippen LogP contribution in [0.4, 0.5) is 0 Å². The molecule has 0 bridgehead atoms. The fraction of sp³-hybridized carbons (Fsp3) is 0.341. The van der Waals surface area contributed by atoms with Gasteiger partial charge in [-0.05, 0) is 73.4 Å². The normalized spacial score (nSPS) is 12.7. The van der Waals surface area contributed by atoms with Gasteiger partial charge in [-0.3, -0.25) is 14.4 Å². The molecule has 2 amide bonds. The zero-order chi connectivity index (χ0) is 35.6. The lowest BCUT2D eigenvalue weighted by molar-refractivity contribution is -0.145. The van der Waals surface area contributed by atoms with Crippen molar-refractivity contribution in [2.45, 2.75) is 70.1 Å². The quantitative estimate of drug-likeness (QED) is 0.0434. The highest BCUT2D eigenvalue weighted by atomic mass is 16.5. The molecular formula is C41H49N3O6. The number of aromatic nitrogens is 1. The van der Waals surface area contributed by atoms with Gasteiger partial charge in [0.25, 0.3) is 0 Å². The Bertz CT molecular complexity index is 1670. The van der Waals surface area contributed by atoms with E-state index in [9.17, 15) is 19.5 Å². The molecule has 9 heteroatoms. The molecule has 9 nitrogen and oxygen atoms in total. The zero-order valence-corrected chi connectivity index (χ0v) is 28.7. The Morgan fingerprint density at radius 2 is 1.60 bits per heavy atom. The van der Waals surface area contributed by atoms with Gasteiger partial charge in [0.2, 0.25) is 11.8 Å². The van der Waals surface area contributed by atoms with Crippen molar-refractivity contribution in [3.8, 4) is 5.75 Å². The molecule has 50 heavy (non-hydrogen) atoms. The van der Waals surface area contributed by atoms with Crippen LogP contribution in [0.3, 0.4) is 0 Å². The number of unbranched alkanes of at least 4 members (excludes halogenated alkanes) is 2. The predicted octanol–water partition coefficient (Wildman–Crippen LogP) is 6.37. The second kappa shape index (κ2) is 20.4. The van der Waals surface area contributed by atoms with Crippen molar-refractivity contribution in [3.63, 3.8) is 0 Å². The van der Waals surface area contributed by atoms with E-state index in [1.807, 2.05) is 91.1 Å². The van der Waals surface area contributed by atoms with Gasteiger partial charge in [-0.25, -0.2) is 0 Å². The van der Waals surface area contributed by atoms with Crippen molar-refractivity contribution in [2.24, 2.45) is 5.92 Å². The summed E-state index contributed by atoms with van der Waals surface area (Å²) in [5.74, 6) is -0.986. The summed E-state index contributed by atoms with van der Waals surface area (Å²) in [6, 6.07) is 24.3. The summed E-state index contributed by atoms with van der Waals surface area (Å²) in [5, 5.41) is 17.0. The monoisotopic (exact) mass is 679 g/mol. The highest BCUT2D eigenvalue weighted by molar-refractivity contribution is 5.86. The lowest BCUT2D eigenvalue weighted by Gasteiger charge is -2.23. The molecule has 0 aliphatic rings. The molecule has 4 rings (SSSR count). The molecule has 0 radical (unpaired) electrons. The molecule has 3 atom stereocenters. The number of nitrogens with one attached hydrogen (secondary N) is 3. The first-order valence-electron chi connectivity index (χ1n) is 17.3. The third kappa shape index (κ3) is 12.4. The minimum atomic E-state index is -0.701. The van der Waals surface area contributed by atoms with E-state index in [0.717, 1.165) is 46.2 Å². The third-order valence-corrected chi connectivity index (χ3v) is 8.47. The van der Waals surface area contributed by atoms with Crippen LogP contribution in [0, 0.1) is 5.92 Å². The predicted molar refractivity (Wildman–Crippen MR) is 196 cm³/mol. The fourth-order valence-electron chi connectivity index (χ4n) is 5.76. The molecule has 4 aromatic rings. The highest BCUT2D eigenvalue weighted by Crippen LogP contribution is 2.21. The minimum Gasteiger partial charge on any atom is -0.489 e. The van der Waals surface area contributed by atoms with Crippen molar-refractivity contribution < 1.29 is 29.0 Å². The summed E-state index contributed by atoms with van der Waals surface area (Å²) in [5.41, 5.74) is 3.94. The topological polar surface area (TPSA) is 130 Å². The first-order valence-corrected chi connectivity index (χ1v) is 17.3. The number of aliphatic hydroxyl groups is 1. The van der Waals surface area contributed by atoms with E-state index in [-0.39, 0.29) is 43.8 Å². The van der Waals surface area contributed by atoms with Gasteiger partial charge in [0.05, 0.1) is 24.6 Å². The zero-order valence-electron chi connectivity index (χ0n) is 28.7. The van der Waals surface area contributed by atoms with Crippen LogP contribution in [-0.2, 0) is 38.6 Å². The fourth-order valence-corrected chi connectivity index (χ4v) is 5.76. The van der Waals surface area contributed by atoms with Gasteiger partial charge in [0.1, 0.15) is 19.0 Å². The molecule has 1 heterocycles. The molecule has 264 valence electrons. The molecule has 4 N–H and O–H groups in total. The maximum absolute atomic E-state index is 13.6. The molecule has 1 aromatic heterocycles. The van der Waals surface area contributed by atoms with Crippen LogP contribution in [-0.4, -0.2) is 53.2 Å². The number of carbonyl (C=O) groups excluding carboxylic acids is 3. The maximum Gasteiger partial charge on any atom is 0.305 e. The average molecular weight is 680 g/mol. The van der Waals surface area contributed by atoms with E-state index < -0.39 is 18.0 Å².